The first kappa shape index (κ1) is 13.3. The molecule has 0 N–H and O–H groups in total. The third-order valence-corrected chi connectivity index (χ3v) is 3.11. The van der Waals surface area contributed by atoms with Crippen LogP contribution in [0.2, 0.25) is 0 Å². The molecule has 0 bridgehead atoms. The zero-order valence-corrected chi connectivity index (χ0v) is 10.7. The van der Waals surface area contributed by atoms with E-state index in [4.69, 9.17) is 4.74 Å². The summed E-state index contributed by atoms with van der Waals surface area (Å²) in [5.74, 6) is 0. The van der Waals surface area contributed by atoms with E-state index in [-0.39, 0.29) is 12.1 Å². The number of ether oxygens (including phenoxy) is 1. The van der Waals surface area contributed by atoms with Crippen LogP contribution in [0.4, 0.5) is 4.79 Å². The summed E-state index contributed by atoms with van der Waals surface area (Å²) in [5.41, 5.74) is 0. The zero-order valence-electron chi connectivity index (χ0n) is 10.7. The lowest BCUT2D eigenvalue weighted by Crippen LogP contribution is -2.44. The number of nitrogens with zero attached hydrogens (tertiary/aromatic N) is 2. The number of carbonyl (C=O) groups is 1. The molecule has 1 rings (SSSR count). The minimum Gasteiger partial charge on any atom is -0.376 e. The van der Waals surface area contributed by atoms with E-state index in [0.29, 0.717) is 0 Å². The lowest BCUT2D eigenvalue weighted by Gasteiger charge is -2.30. The first-order valence-electron chi connectivity index (χ1n) is 6.30. The van der Waals surface area contributed by atoms with E-state index in [1.54, 1.807) is 4.90 Å². The van der Waals surface area contributed by atoms with Gasteiger partial charge in [-0.3, -0.25) is 0 Å². The molecule has 2 amide bonds. The number of hydrogen-bond acceptors (Lipinski definition) is 2. The third kappa shape index (κ3) is 3.67. The summed E-state index contributed by atoms with van der Waals surface area (Å²) in [6.07, 6.45) is 3.69. The Bertz CT molecular complexity index is 211. The highest BCUT2D eigenvalue weighted by Gasteiger charge is 2.20. The summed E-state index contributed by atoms with van der Waals surface area (Å²) in [6.45, 7) is 7.11. The maximum Gasteiger partial charge on any atom is 0.319 e. The number of rotatable bonds is 4. The molecule has 4 heteroatoms. The predicted octanol–water partition coefficient (Wildman–Crippen LogP) is 1.95. The van der Waals surface area contributed by atoms with Crippen LogP contribution in [-0.4, -0.2) is 55.2 Å². The highest BCUT2D eigenvalue weighted by molar-refractivity contribution is 5.74. The van der Waals surface area contributed by atoms with E-state index < -0.39 is 0 Å². The van der Waals surface area contributed by atoms with Gasteiger partial charge in [0.15, 0.2) is 0 Å². The van der Waals surface area contributed by atoms with Gasteiger partial charge in [0.05, 0.1) is 6.10 Å². The topological polar surface area (TPSA) is 32.8 Å². The standard InChI is InChI=1S/C12H24N2O2/c1-4-14(5-2)12(15)13(3)10-11-8-6-7-9-16-11/h11H,4-10H2,1-3H3. The van der Waals surface area contributed by atoms with Crippen molar-refractivity contribution in [2.45, 2.75) is 39.2 Å². The number of hydrogen-bond donors (Lipinski definition) is 0. The molecule has 0 aromatic heterocycles. The van der Waals surface area contributed by atoms with Gasteiger partial charge >= 0.3 is 6.03 Å². The van der Waals surface area contributed by atoms with Crippen molar-refractivity contribution in [1.29, 1.82) is 0 Å². The van der Waals surface area contributed by atoms with Crippen LogP contribution in [0.25, 0.3) is 0 Å². The van der Waals surface area contributed by atoms with Crippen LogP contribution < -0.4 is 0 Å². The van der Waals surface area contributed by atoms with E-state index in [1.165, 1.54) is 6.42 Å². The van der Waals surface area contributed by atoms with Gasteiger partial charge in [0, 0.05) is 33.3 Å². The summed E-state index contributed by atoms with van der Waals surface area (Å²) >= 11 is 0. The molecular weight excluding hydrogens is 204 g/mol. The summed E-state index contributed by atoms with van der Waals surface area (Å²) in [4.78, 5) is 15.6. The molecule has 0 saturated carbocycles. The Kier molecular flexibility index (Phi) is 5.60. The molecule has 0 spiro atoms. The van der Waals surface area contributed by atoms with Crippen molar-refractivity contribution in [2.75, 3.05) is 33.3 Å². The molecule has 1 saturated heterocycles. The molecule has 1 aliphatic heterocycles. The van der Waals surface area contributed by atoms with Crippen molar-refractivity contribution in [3.05, 3.63) is 0 Å². The predicted molar refractivity (Wildman–Crippen MR) is 64.5 cm³/mol. The van der Waals surface area contributed by atoms with Crippen molar-refractivity contribution in [3.63, 3.8) is 0 Å². The normalized spacial score (nSPS) is 20.6. The fraction of sp³-hybridized carbons (Fsp3) is 0.917. The number of amides is 2. The SMILES string of the molecule is CCN(CC)C(=O)N(C)CC1CCCCO1. The Hall–Kier alpha value is -0.770. The van der Waals surface area contributed by atoms with Gasteiger partial charge in [0.2, 0.25) is 0 Å². The second-order valence-corrected chi connectivity index (χ2v) is 4.32. The molecule has 1 heterocycles. The first-order chi connectivity index (χ1) is 7.69. The molecular formula is C12H24N2O2. The second-order valence-electron chi connectivity index (χ2n) is 4.32. The van der Waals surface area contributed by atoms with Gasteiger partial charge in [-0.15, -0.1) is 0 Å². The molecule has 0 radical (unpaired) electrons. The van der Waals surface area contributed by atoms with Crippen molar-refractivity contribution in [1.82, 2.24) is 9.80 Å². The van der Waals surface area contributed by atoms with Crippen LogP contribution in [0.3, 0.4) is 0 Å². The Balaban J connectivity index is 2.37. The van der Waals surface area contributed by atoms with Crippen LogP contribution in [0.15, 0.2) is 0 Å². The molecule has 16 heavy (non-hydrogen) atoms. The third-order valence-electron chi connectivity index (χ3n) is 3.11. The highest BCUT2D eigenvalue weighted by atomic mass is 16.5. The number of carbonyl (C=O) groups excluding carboxylic acids is 1. The maximum atomic E-state index is 12.0. The second kappa shape index (κ2) is 6.74. The summed E-state index contributed by atoms with van der Waals surface area (Å²) in [7, 11) is 1.86. The Morgan fingerprint density at radius 1 is 1.31 bits per heavy atom. The van der Waals surface area contributed by atoms with Gasteiger partial charge in [-0.25, -0.2) is 4.79 Å². The molecule has 1 fully saturated rings. The van der Waals surface area contributed by atoms with E-state index in [1.807, 2.05) is 25.8 Å². The summed E-state index contributed by atoms with van der Waals surface area (Å²) < 4.78 is 5.63. The van der Waals surface area contributed by atoms with Crippen LogP contribution in [-0.2, 0) is 4.74 Å². The van der Waals surface area contributed by atoms with Crippen molar-refractivity contribution in [2.24, 2.45) is 0 Å². The molecule has 4 nitrogen and oxygen atoms in total. The van der Waals surface area contributed by atoms with E-state index in [2.05, 4.69) is 0 Å². The zero-order chi connectivity index (χ0) is 12.0. The van der Waals surface area contributed by atoms with Crippen LogP contribution >= 0.6 is 0 Å². The van der Waals surface area contributed by atoms with Gasteiger partial charge in [0.25, 0.3) is 0 Å². The first-order valence-corrected chi connectivity index (χ1v) is 6.30. The van der Waals surface area contributed by atoms with Gasteiger partial charge in [-0.05, 0) is 33.1 Å². The van der Waals surface area contributed by atoms with E-state index in [0.717, 1.165) is 39.1 Å². The van der Waals surface area contributed by atoms with Crippen LogP contribution in [0, 0.1) is 0 Å². The quantitative estimate of drug-likeness (QED) is 0.736. The molecule has 0 aliphatic carbocycles. The Labute approximate surface area is 98.5 Å². The molecule has 1 unspecified atom stereocenters. The number of urea groups is 1. The van der Waals surface area contributed by atoms with Crippen molar-refractivity contribution < 1.29 is 9.53 Å². The molecule has 0 aromatic carbocycles. The van der Waals surface area contributed by atoms with Gasteiger partial charge in [-0.2, -0.15) is 0 Å². The average molecular weight is 228 g/mol. The van der Waals surface area contributed by atoms with E-state index in [9.17, 15) is 4.79 Å². The molecule has 94 valence electrons. The lowest BCUT2D eigenvalue weighted by molar-refractivity contribution is 0.00181. The minimum absolute atomic E-state index is 0.110. The largest absolute Gasteiger partial charge is 0.376 e. The molecule has 0 aromatic rings. The Morgan fingerprint density at radius 2 is 2.00 bits per heavy atom. The van der Waals surface area contributed by atoms with Crippen molar-refractivity contribution in [3.8, 4) is 0 Å². The molecule has 1 atom stereocenters. The maximum absolute atomic E-state index is 12.0. The molecule has 1 aliphatic rings. The fourth-order valence-electron chi connectivity index (χ4n) is 2.07. The lowest BCUT2D eigenvalue weighted by atomic mass is 10.1. The smallest absolute Gasteiger partial charge is 0.319 e. The summed E-state index contributed by atoms with van der Waals surface area (Å²) in [5, 5.41) is 0. The van der Waals surface area contributed by atoms with Crippen molar-refractivity contribution >= 4 is 6.03 Å². The summed E-state index contributed by atoms with van der Waals surface area (Å²) in [6, 6.07) is 0.110. The van der Waals surface area contributed by atoms with Gasteiger partial charge in [0.1, 0.15) is 0 Å². The average Bonchev–Trinajstić information content (AvgIpc) is 2.31. The Morgan fingerprint density at radius 3 is 2.50 bits per heavy atom. The minimum atomic E-state index is 0.110. The van der Waals surface area contributed by atoms with Crippen LogP contribution in [0.1, 0.15) is 33.1 Å². The van der Waals surface area contributed by atoms with Crippen LogP contribution in [0.5, 0.6) is 0 Å². The highest BCUT2D eigenvalue weighted by Crippen LogP contribution is 2.13. The monoisotopic (exact) mass is 228 g/mol. The number of likely N-dealkylation sites (N-methyl/N-ethyl adjacent to an activating group) is 1. The van der Waals surface area contributed by atoms with Gasteiger partial charge in [-0.1, -0.05) is 0 Å². The fourth-order valence-corrected chi connectivity index (χ4v) is 2.07. The van der Waals surface area contributed by atoms with E-state index >= 15 is 0 Å². The van der Waals surface area contributed by atoms with Gasteiger partial charge < -0.3 is 14.5 Å².